The molecule has 1 spiro atoms. The largest absolute Gasteiger partial charge is 0.416 e. The first-order chi connectivity index (χ1) is 41.5. The van der Waals surface area contributed by atoms with Gasteiger partial charge in [-0.2, -0.15) is 105 Å². The summed E-state index contributed by atoms with van der Waals surface area (Å²) in [5.74, 6) is 0. The number of hydrogen-bond acceptors (Lipinski definition) is 3. The lowest BCUT2D eigenvalue weighted by Gasteiger charge is -2.44. The Morgan fingerprint density at radius 1 is 0.311 bits per heavy atom. The maximum Gasteiger partial charge on any atom is 0.416 e. The third kappa shape index (κ3) is 11.7. The van der Waals surface area contributed by atoms with E-state index in [4.69, 9.17) is 14.2 Å². The average molecular weight is 1300 g/mol. The van der Waals surface area contributed by atoms with Crippen LogP contribution in [0.1, 0.15) is 89.0 Å². The summed E-state index contributed by atoms with van der Waals surface area (Å²) in [4.78, 5) is 0. The van der Waals surface area contributed by atoms with Crippen LogP contribution in [0, 0.1) is 0 Å². The van der Waals surface area contributed by atoms with Crippen LogP contribution in [-0.2, 0) is 87.9 Å². The van der Waals surface area contributed by atoms with Crippen LogP contribution in [0.5, 0.6) is 0 Å². The molecule has 0 atom stereocenters. The van der Waals surface area contributed by atoms with E-state index in [0.717, 1.165) is 12.1 Å². The van der Waals surface area contributed by atoms with E-state index >= 15 is 105 Å². The van der Waals surface area contributed by atoms with Gasteiger partial charge in [0.2, 0.25) is 0 Å². The number of morpholine rings is 1. The van der Waals surface area contributed by atoms with E-state index in [2.05, 4.69) is 0 Å². The summed E-state index contributed by atoms with van der Waals surface area (Å²) in [5, 5.41) is -0.544. The van der Waals surface area contributed by atoms with Crippen LogP contribution in [0.2, 0.25) is 0 Å². The summed E-state index contributed by atoms with van der Waals surface area (Å²) in [6, 6.07) is 10.8. The number of halogens is 24. The quantitative estimate of drug-likeness (QED) is 0.0862. The van der Waals surface area contributed by atoms with Gasteiger partial charge in [-0.05, 0) is 140 Å². The normalized spacial score (nSPS) is 15.8. The number of hydrogen-bond donors (Lipinski definition) is 0. The van der Waals surface area contributed by atoms with Crippen molar-refractivity contribution in [2.75, 3.05) is 40.5 Å². The molecule has 1 saturated heterocycles. The van der Waals surface area contributed by atoms with Gasteiger partial charge in [0, 0.05) is 36.5 Å². The van der Waals surface area contributed by atoms with Gasteiger partial charge in [-0.15, -0.1) is 0 Å². The molecular weight excluding hydrogens is 1260 g/mol. The fourth-order valence-corrected chi connectivity index (χ4v) is 12.4. The number of quaternary nitrogens is 1. The van der Waals surface area contributed by atoms with Crippen molar-refractivity contribution in [2.45, 2.75) is 73.7 Å². The number of fused-ring (bicyclic) bond motifs is 7. The van der Waals surface area contributed by atoms with E-state index in [9.17, 15) is 0 Å². The summed E-state index contributed by atoms with van der Waals surface area (Å²) >= 11 is 0. The van der Waals surface area contributed by atoms with Crippen LogP contribution in [0.3, 0.4) is 0 Å². The van der Waals surface area contributed by atoms with Crippen molar-refractivity contribution in [1.82, 2.24) is 0 Å². The Balaban J connectivity index is 1.51. The molecule has 2 heterocycles. The van der Waals surface area contributed by atoms with E-state index in [1.54, 1.807) is 0 Å². The monoisotopic (exact) mass is 1300 g/mol. The van der Waals surface area contributed by atoms with Crippen LogP contribution < -0.4 is 0 Å². The molecule has 0 saturated carbocycles. The molecule has 0 N–H and O–H groups in total. The van der Waals surface area contributed by atoms with Crippen molar-refractivity contribution < 1.29 is 124 Å². The molecule has 0 unspecified atom stereocenters. The lowest BCUT2D eigenvalue weighted by Crippen LogP contribution is -2.54. The molecule has 0 amide bonds. The fourth-order valence-electron chi connectivity index (χ4n) is 12.4. The zero-order valence-corrected chi connectivity index (χ0v) is 45.7. The second-order valence-electron chi connectivity index (χ2n) is 21.7. The number of ether oxygens (including phenoxy) is 3. The minimum atomic E-state index is -5.77. The molecule has 28 heteroatoms. The highest BCUT2D eigenvalue weighted by Crippen LogP contribution is 2.57. The first-order valence-electron chi connectivity index (χ1n) is 26.3. The fraction of sp³-hybridized carbons (Fsp3) is 0.290. The predicted molar refractivity (Wildman–Crippen MR) is 275 cm³/mol. The highest BCUT2D eigenvalue weighted by molar-refractivity contribution is 6.09. The second kappa shape index (κ2) is 21.8. The molecule has 4 nitrogen and oxygen atoms in total. The molecule has 8 aromatic carbocycles. The lowest BCUT2D eigenvalue weighted by atomic mass is 9.71. The van der Waals surface area contributed by atoms with Crippen molar-refractivity contribution in [3.8, 4) is 11.1 Å². The summed E-state index contributed by atoms with van der Waals surface area (Å²) in [7, 11) is 1.11. The van der Waals surface area contributed by atoms with Gasteiger partial charge in [-0.3, -0.25) is 0 Å². The minimum absolute atomic E-state index is 0.00650. The van der Waals surface area contributed by atoms with Crippen molar-refractivity contribution in [3.05, 3.63) is 222 Å². The second-order valence-corrected chi connectivity index (χ2v) is 21.7. The van der Waals surface area contributed by atoms with Crippen molar-refractivity contribution in [1.29, 1.82) is 0 Å². The van der Waals surface area contributed by atoms with E-state index in [1.165, 1.54) is 48.5 Å². The molecule has 2 aliphatic rings. The molecule has 478 valence electrons. The van der Waals surface area contributed by atoms with Crippen LogP contribution in [-0.4, -0.2) is 45.0 Å². The Labute approximate surface area is 492 Å². The van der Waals surface area contributed by atoms with Crippen LogP contribution in [0.4, 0.5) is 105 Å². The number of rotatable bonds is 8. The van der Waals surface area contributed by atoms with Crippen LogP contribution >= 0.6 is 0 Å². The average Bonchev–Trinajstić information content (AvgIpc) is 1.18. The maximum atomic E-state index is 15.1. The lowest BCUT2D eigenvalue weighted by molar-refractivity contribution is -0.959. The van der Waals surface area contributed by atoms with Gasteiger partial charge in [0.15, 0.2) is 0 Å². The smallest absolute Gasteiger partial charge is 0.370 e. The third-order valence-corrected chi connectivity index (χ3v) is 16.3. The van der Waals surface area contributed by atoms with E-state index < -0.39 is 167 Å². The Hall–Kier alpha value is -7.56. The van der Waals surface area contributed by atoms with E-state index in [1.807, 2.05) is 0 Å². The molecule has 2 aliphatic heterocycles. The van der Waals surface area contributed by atoms with Gasteiger partial charge in [0.25, 0.3) is 0 Å². The van der Waals surface area contributed by atoms with Gasteiger partial charge in [0.1, 0.15) is 37.4 Å². The third-order valence-electron chi connectivity index (χ3n) is 16.3. The molecular formula is C62H40F24NO3+. The molecule has 0 bridgehead atoms. The highest BCUT2D eigenvalue weighted by atomic mass is 19.4. The van der Waals surface area contributed by atoms with E-state index in [0.29, 0.717) is 14.2 Å². The Morgan fingerprint density at radius 2 is 0.533 bits per heavy atom. The number of benzene rings is 8. The molecule has 10 rings (SSSR count). The molecule has 0 aromatic heterocycles. The SMILES string of the molecule is COC(c1cc(C(F)(F)F)cc(C(F)(F)F)c1)(c1cc(C(F)(F)F)cc(C(F)(F)F)c1)c1cc2ccccc2c2c1C[N+]1(CCOCC1)Cc1c(C(OC)(c3cc(C(F)(F)F)cc(C(F)(F)F)c3)c3cc(C(F)(F)F)cc(C(F)(F)F)c3)cc3ccccc3c1-2. The van der Waals surface area contributed by atoms with Gasteiger partial charge < -0.3 is 18.7 Å². The zero-order valence-electron chi connectivity index (χ0n) is 45.7. The molecule has 0 aliphatic carbocycles. The van der Waals surface area contributed by atoms with Crippen LogP contribution in [0.15, 0.2) is 133 Å². The van der Waals surface area contributed by atoms with Crippen molar-refractivity contribution >= 4 is 21.5 Å². The highest BCUT2D eigenvalue weighted by Gasteiger charge is 2.53. The van der Waals surface area contributed by atoms with Crippen molar-refractivity contribution in [2.24, 2.45) is 0 Å². The van der Waals surface area contributed by atoms with Crippen molar-refractivity contribution in [3.63, 3.8) is 0 Å². The predicted octanol–water partition coefficient (Wildman–Crippen LogP) is 19.5. The van der Waals surface area contributed by atoms with Gasteiger partial charge in [-0.1, -0.05) is 48.5 Å². The van der Waals surface area contributed by atoms with Gasteiger partial charge >= 0.3 is 49.4 Å². The first kappa shape index (κ1) is 65.4. The summed E-state index contributed by atoms with van der Waals surface area (Å²) in [5.41, 5.74) is -32.8. The molecule has 8 aromatic rings. The first-order valence-corrected chi connectivity index (χ1v) is 26.3. The number of methoxy groups -OCH3 is 2. The minimum Gasteiger partial charge on any atom is -0.370 e. The van der Waals surface area contributed by atoms with Crippen LogP contribution in [0.25, 0.3) is 32.7 Å². The Kier molecular flexibility index (Phi) is 15.8. The standard InChI is InChI=1S/C62H40F24NO3/c1-88-53(33-17-37(55(63,64)65)25-38(18-33)56(66,67)68,34-19-39(57(69,70)71)26-40(20-34)58(72,73)74)49-15-31-7-3-5-9-45(31)51-47(49)29-87(11-13-90-14-12-87)30-48-50(16-32-8-4-6-10-46(32)52(48)51)54(89-2,35-21-41(59(75,76)77)27-42(22-35)60(78,79)80)36-23-43(61(81,82)83)28-44(24-36)62(84,85)86/h3-10,15-28H,11-14,29-30H2,1-2H3/q+1. The molecule has 0 radical (unpaired) electrons. The zero-order chi connectivity index (χ0) is 66.1. The summed E-state index contributed by atoms with van der Waals surface area (Å²) in [6.45, 7) is -2.79. The van der Waals surface area contributed by atoms with Gasteiger partial charge in [-0.25, -0.2) is 0 Å². The Bertz CT molecular complexity index is 3570. The summed E-state index contributed by atoms with van der Waals surface area (Å²) < 4.78 is 380. The maximum absolute atomic E-state index is 15.1. The number of nitrogens with zero attached hydrogens (tertiary/aromatic N) is 1. The Morgan fingerprint density at radius 3 is 0.756 bits per heavy atom. The number of alkyl halides is 24. The molecule has 1 fully saturated rings. The topological polar surface area (TPSA) is 27.7 Å². The van der Waals surface area contributed by atoms with Gasteiger partial charge in [0.05, 0.1) is 57.7 Å². The molecule has 90 heavy (non-hydrogen) atoms. The summed E-state index contributed by atoms with van der Waals surface area (Å²) in [6.07, 6.45) is -46.2. The van der Waals surface area contributed by atoms with E-state index in [-0.39, 0.29) is 132 Å².